The Bertz CT molecular complexity index is 439. The van der Waals surface area contributed by atoms with Crippen LogP contribution in [0.2, 0.25) is 0 Å². The SMILES string of the molecule is CC(C)[C@@H]1CCCN1C(=O)c1ccc(N(C)C)nc1. The number of anilines is 1. The molecule has 0 unspecified atom stereocenters. The molecule has 0 spiro atoms. The zero-order valence-electron chi connectivity index (χ0n) is 12.3. The molecule has 0 N–H and O–H groups in total. The van der Waals surface area contributed by atoms with Crippen molar-refractivity contribution in [2.24, 2.45) is 5.92 Å². The molecule has 19 heavy (non-hydrogen) atoms. The number of hydrogen-bond acceptors (Lipinski definition) is 3. The minimum absolute atomic E-state index is 0.119. The fraction of sp³-hybridized carbons (Fsp3) is 0.600. The van der Waals surface area contributed by atoms with Crippen LogP contribution in [0, 0.1) is 5.92 Å². The Morgan fingerprint density at radius 1 is 1.42 bits per heavy atom. The van der Waals surface area contributed by atoms with E-state index in [-0.39, 0.29) is 5.91 Å². The summed E-state index contributed by atoms with van der Waals surface area (Å²) < 4.78 is 0. The van der Waals surface area contributed by atoms with Crippen LogP contribution in [0.1, 0.15) is 37.0 Å². The zero-order valence-corrected chi connectivity index (χ0v) is 12.3. The lowest BCUT2D eigenvalue weighted by Crippen LogP contribution is -2.38. The summed E-state index contributed by atoms with van der Waals surface area (Å²) >= 11 is 0. The first-order valence-corrected chi connectivity index (χ1v) is 6.95. The molecule has 104 valence electrons. The van der Waals surface area contributed by atoms with Crippen LogP contribution < -0.4 is 4.90 Å². The fourth-order valence-corrected chi connectivity index (χ4v) is 2.68. The maximum absolute atomic E-state index is 12.5. The molecule has 1 amide bonds. The lowest BCUT2D eigenvalue weighted by Gasteiger charge is -2.27. The number of nitrogens with zero attached hydrogens (tertiary/aromatic N) is 3. The normalized spacial score (nSPS) is 19.0. The van der Waals surface area contributed by atoms with E-state index >= 15 is 0 Å². The first kappa shape index (κ1) is 13.8. The van der Waals surface area contributed by atoms with Gasteiger partial charge in [-0.3, -0.25) is 4.79 Å². The van der Waals surface area contributed by atoms with Crippen molar-refractivity contribution in [2.75, 3.05) is 25.5 Å². The minimum atomic E-state index is 0.119. The Hall–Kier alpha value is -1.58. The van der Waals surface area contributed by atoms with Gasteiger partial charge in [-0.2, -0.15) is 0 Å². The van der Waals surface area contributed by atoms with Crippen LogP contribution in [-0.4, -0.2) is 42.5 Å². The molecule has 1 aromatic rings. The van der Waals surface area contributed by atoms with Crippen LogP contribution in [0.3, 0.4) is 0 Å². The molecule has 0 saturated carbocycles. The van der Waals surface area contributed by atoms with E-state index in [0.29, 0.717) is 17.5 Å². The molecule has 1 atom stereocenters. The Balaban J connectivity index is 2.15. The Labute approximate surface area is 115 Å². The molecule has 1 aliphatic rings. The number of amides is 1. The summed E-state index contributed by atoms with van der Waals surface area (Å²) in [6.45, 7) is 5.24. The molecule has 0 aromatic carbocycles. The van der Waals surface area contributed by atoms with Crippen molar-refractivity contribution in [3.8, 4) is 0 Å². The fourth-order valence-electron chi connectivity index (χ4n) is 2.68. The Kier molecular flexibility index (Phi) is 4.08. The van der Waals surface area contributed by atoms with Crippen molar-refractivity contribution in [3.63, 3.8) is 0 Å². The summed E-state index contributed by atoms with van der Waals surface area (Å²) in [4.78, 5) is 20.8. The molecule has 0 radical (unpaired) electrons. The summed E-state index contributed by atoms with van der Waals surface area (Å²) in [6, 6.07) is 4.15. The summed E-state index contributed by atoms with van der Waals surface area (Å²) in [7, 11) is 3.89. The molecule has 0 bridgehead atoms. The average Bonchev–Trinajstić information content (AvgIpc) is 2.87. The van der Waals surface area contributed by atoms with Crippen LogP contribution in [0.4, 0.5) is 5.82 Å². The van der Waals surface area contributed by atoms with Crippen molar-refractivity contribution in [1.29, 1.82) is 0 Å². The molecular weight excluding hydrogens is 238 g/mol. The molecule has 4 nitrogen and oxygen atoms in total. The predicted octanol–water partition coefficient (Wildman–Crippen LogP) is 2.41. The highest BCUT2D eigenvalue weighted by Crippen LogP contribution is 2.25. The molecule has 1 aliphatic heterocycles. The van der Waals surface area contributed by atoms with Gasteiger partial charge in [0.2, 0.25) is 0 Å². The van der Waals surface area contributed by atoms with Gasteiger partial charge in [-0.25, -0.2) is 4.98 Å². The average molecular weight is 261 g/mol. The lowest BCUT2D eigenvalue weighted by atomic mass is 10.0. The van der Waals surface area contributed by atoms with Crippen molar-refractivity contribution in [3.05, 3.63) is 23.9 Å². The quantitative estimate of drug-likeness (QED) is 0.838. The minimum Gasteiger partial charge on any atom is -0.363 e. The number of carbonyl (C=O) groups is 1. The van der Waals surface area contributed by atoms with Gasteiger partial charge in [0.05, 0.1) is 5.56 Å². The van der Waals surface area contributed by atoms with Crippen LogP contribution >= 0.6 is 0 Å². The maximum atomic E-state index is 12.5. The predicted molar refractivity (Wildman–Crippen MR) is 77.5 cm³/mol. The van der Waals surface area contributed by atoms with Gasteiger partial charge in [-0.05, 0) is 30.9 Å². The third kappa shape index (κ3) is 2.88. The maximum Gasteiger partial charge on any atom is 0.255 e. The van der Waals surface area contributed by atoms with E-state index in [1.54, 1.807) is 6.20 Å². The van der Waals surface area contributed by atoms with E-state index in [9.17, 15) is 4.79 Å². The number of carbonyl (C=O) groups excluding carboxylic acids is 1. The second-order valence-electron chi connectivity index (χ2n) is 5.75. The molecule has 1 aromatic heterocycles. The van der Waals surface area contributed by atoms with Gasteiger partial charge in [0.1, 0.15) is 5.82 Å². The standard InChI is InChI=1S/C15H23N3O/c1-11(2)13-6-5-9-18(13)15(19)12-7-8-14(16-10-12)17(3)4/h7-8,10-11,13H,5-6,9H2,1-4H3/t13-/m0/s1. The largest absolute Gasteiger partial charge is 0.363 e. The van der Waals surface area contributed by atoms with E-state index in [1.807, 2.05) is 36.0 Å². The number of hydrogen-bond donors (Lipinski definition) is 0. The first-order chi connectivity index (χ1) is 9.00. The number of aromatic nitrogens is 1. The first-order valence-electron chi connectivity index (χ1n) is 6.95. The van der Waals surface area contributed by atoms with Gasteiger partial charge >= 0.3 is 0 Å². The van der Waals surface area contributed by atoms with Crippen LogP contribution in [-0.2, 0) is 0 Å². The highest BCUT2D eigenvalue weighted by atomic mass is 16.2. The molecule has 1 fully saturated rings. The van der Waals surface area contributed by atoms with Gasteiger partial charge < -0.3 is 9.80 Å². The van der Waals surface area contributed by atoms with E-state index in [4.69, 9.17) is 0 Å². The van der Waals surface area contributed by atoms with E-state index < -0.39 is 0 Å². The second kappa shape index (κ2) is 5.59. The van der Waals surface area contributed by atoms with Crippen molar-refractivity contribution in [1.82, 2.24) is 9.88 Å². The zero-order chi connectivity index (χ0) is 14.0. The van der Waals surface area contributed by atoms with Crippen LogP contribution in [0.15, 0.2) is 18.3 Å². The van der Waals surface area contributed by atoms with Crippen LogP contribution in [0.5, 0.6) is 0 Å². The second-order valence-corrected chi connectivity index (χ2v) is 5.75. The highest BCUT2D eigenvalue weighted by Gasteiger charge is 2.31. The summed E-state index contributed by atoms with van der Waals surface area (Å²) in [5.74, 6) is 1.51. The molecule has 1 saturated heterocycles. The van der Waals surface area contributed by atoms with Crippen molar-refractivity contribution in [2.45, 2.75) is 32.7 Å². The molecule has 4 heteroatoms. The highest BCUT2D eigenvalue weighted by molar-refractivity contribution is 5.94. The Morgan fingerprint density at radius 3 is 2.68 bits per heavy atom. The van der Waals surface area contributed by atoms with E-state index in [0.717, 1.165) is 25.2 Å². The van der Waals surface area contributed by atoms with Crippen molar-refractivity contribution < 1.29 is 4.79 Å². The molecule has 0 aliphatic carbocycles. The molecule has 2 rings (SSSR count). The van der Waals surface area contributed by atoms with Crippen molar-refractivity contribution >= 4 is 11.7 Å². The lowest BCUT2D eigenvalue weighted by molar-refractivity contribution is 0.0701. The molecular formula is C15H23N3O. The van der Waals surface area contributed by atoms with Crippen LogP contribution in [0.25, 0.3) is 0 Å². The summed E-state index contributed by atoms with van der Waals surface area (Å²) in [5, 5.41) is 0. The van der Waals surface area contributed by atoms with E-state index in [2.05, 4.69) is 18.8 Å². The van der Waals surface area contributed by atoms with Gasteiger partial charge in [0.15, 0.2) is 0 Å². The third-order valence-electron chi connectivity index (χ3n) is 3.78. The monoisotopic (exact) mass is 261 g/mol. The topological polar surface area (TPSA) is 36.4 Å². The smallest absolute Gasteiger partial charge is 0.255 e. The van der Waals surface area contributed by atoms with Gasteiger partial charge in [-0.1, -0.05) is 13.8 Å². The molecule has 2 heterocycles. The van der Waals surface area contributed by atoms with Gasteiger partial charge in [0, 0.05) is 32.9 Å². The van der Waals surface area contributed by atoms with Gasteiger partial charge in [0.25, 0.3) is 5.91 Å². The van der Waals surface area contributed by atoms with Gasteiger partial charge in [-0.15, -0.1) is 0 Å². The number of rotatable bonds is 3. The Morgan fingerprint density at radius 2 is 2.16 bits per heavy atom. The number of pyridine rings is 1. The third-order valence-corrected chi connectivity index (χ3v) is 3.78. The number of likely N-dealkylation sites (tertiary alicyclic amines) is 1. The summed E-state index contributed by atoms with van der Waals surface area (Å²) in [5.41, 5.74) is 0.693. The van der Waals surface area contributed by atoms with E-state index in [1.165, 1.54) is 0 Å². The summed E-state index contributed by atoms with van der Waals surface area (Å²) in [6.07, 6.45) is 3.91.